The first-order chi connectivity index (χ1) is 12.9. The van der Waals surface area contributed by atoms with Gasteiger partial charge in [-0.3, -0.25) is 14.9 Å². The third-order valence-corrected chi connectivity index (χ3v) is 5.38. The molecule has 2 aromatic rings. The SMILES string of the molecule is CCC[C@H]1C[C@@](C)(c2csc(NC(=O)c3ccc(OCC)cc3)n2)OC1=O. The van der Waals surface area contributed by atoms with E-state index < -0.39 is 5.60 Å². The fourth-order valence-corrected chi connectivity index (χ4v) is 4.07. The first kappa shape index (κ1) is 19.4. The molecule has 1 saturated heterocycles. The zero-order valence-electron chi connectivity index (χ0n) is 15.8. The number of ether oxygens (including phenoxy) is 2. The van der Waals surface area contributed by atoms with Crippen LogP contribution >= 0.6 is 11.3 Å². The summed E-state index contributed by atoms with van der Waals surface area (Å²) in [7, 11) is 0. The Kier molecular flexibility index (Phi) is 5.79. The van der Waals surface area contributed by atoms with Gasteiger partial charge < -0.3 is 9.47 Å². The first-order valence-electron chi connectivity index (χ1n) is 9.18. The van der Waals surface area contributed by atoms with Crippen LogP contribution in [0.2, 0.25) is 0 Å². The maximum absolute atomic E-state index is 12.4. The number of amides is 1. The summed E-state index contributed by atoms with van der Waals surface area (Å²) in [5.41, 5.74) is 0.480. The number of rotatable bonds is 7. The Bertz CT molecular complexity index is 818. The van der Waals surface area contributed by atoms with Crippen molar-refractivity contribution in [2.75, 3.05) is 11.9 Å². The van der Waals surface area contributed by atoms with Gasteiger partial charge >= 0.3 is 5.97 Å². The second-order valence-corrected chi connectivity index (χ2v) is 7.65. The van der Waals surface area contributed by atoms with Gasteiger partial charge in [0.15, 0.2) is 10.7 Å². The van der Waals surface area contributed by atoms with Crippen molar-refractivity contribution in [3.8, 4) is 5.75 Å². The summed E-state index contributed by atoms with van der Waals surface area (Å²) < 4.78 is 11.0. The normalized spacial score (nSPS) is 21.7. The van der Waals surface area contributed by atoms with Crippen LogP contribution in [-0.4, -0.2) is 23.5 Å². The summed E-state index contributed by atoms with van der Waals surface area (Å²) >= 11 is 1.33. The third kappa shape index (κ3) is 4.30. The van der Waals surface area contributed by atoms with Gasteiger partial charge in [0, 0.05) is 17.4 Å². The lowest BCUT2D eigenvalue weighted by Crippen LogP contribution is -2.21. The van der Waals surface area contributed by atoms with Crippen LogP contribution in [0, 0.1) is 5.92 Å². The van der Waals surface area contributed by atoms with E-state index in [2.05, 4.69) is 17.2 Å². The minimum absolute atomic E-state index is 0.0800. The molecule has 1 aromatic heterocycles. The second-order valence-electron chi connectivity index (χ2n) is 6.79. The summed E-state index contributed by atoms with van der Waals surface area (Å²) in [4.78, 5) is 29.0. The van der Waals surface area contributed by atoms with E-state index >= 15 is 0 Å². The molecule has 27 heavy (non-hydrogen) atoms. The molecular formula is C20H24N2O4S. The van der Waals surface area contributed by atoms with Gasteiger partial charge in [0.1, 0.15) is 5.75 Å². The van der Waals surface area contributed by atoms with Crippen LogP contribution in [0.15, 0.2) is 29.6 Å². The third-order valence-electron chi connectivity index (χ3n) is 4.63. The molecule has 0 spiro atoms. The fourth-order valence-electron chi connectivity index (χ4n) is 3.24. The molecule has 144 valence electrons. The van der Waals surface area contributed by atoms with E-state index in [0.717, 1.165) is 18.6 Å². The molecule has 0 bridgehead atoms. The highest BCUT2D eigenvalue weighted by Gasteiger charge is 2.45. The van der Waals surface area contributed by atoms with Crippen molar-refractivity contribution in [3.63, 3.8) is 0 Å². The van der Waals surface area contributed by atoms with Crippen LogP contribution in [0.5, 0.6) is 5.75 Å². The van der Waals surface area contributed by atoms with Crippen LogP contribution in [-0.2, 0) is 15.1 Å². The predicted molar refractivity (Wildman–Crippen MR) is 104 cm³/mol. The molecule has 2 heterocycles. The molecule has 1 aliphatic rings. The lowest BCUT2D eigenvalue weighted by molar-refractivity contribution is -0.150. The van der Waals surface area contributed by atoms with E-state index in [1.807, 2.05) is 19.2 Å². The van der Waals surface area contributed by atoms with Gasteiger partial charge in [-0.15, -0.1) is 11.3 Å². The summed E-state index contributed by atoms with van der Waals surface area (Å²) in [5.74, 6) is 0.246. The van der Waals surface area contributed by atoms with Crippen molar-refractivity contribution in [2.24, 2.45) is 5.92 Å². The zero-order valence-corrected chi connectivity index (χ0v) is 16.6. The standard InChI is InChI=1S/C20H24N2O4S/c1-4-6-14-11-20(3,26-18(14)24)16-12-27-19(21-16)22-17(23)13-7-9-15(10-8-13)25-5-2/h7-10,12,14H,4-6,11H2,1-3H3,(H,21,22,23)/t14-,20-/m0/s1. The van der Waals surface area contributed by atoms with E-state index in [9.17, 15) is 9.59 Å². The number of cyclic esters (lactones) is 1. The molecule has 0 aliphatic carbocycles. The van der Waals surface area contributed by atoms with Crippen molar-refractivity contribution in [2.45, 2.75) is 45.6 Å². The molecule has 0 radical (unpaired) electrons. The number of carbonyl (C=O) groups is 2. The zero-order chi connectivity index (χ0) is 19.4. The van der Waals surface area contributed by atoms with Crippen LogP contribution in [0.25, 0.3) is 0 Å². The molecule has 3 rings (SSSR count). The Morgan fingerprint density at radius 3 is 2.78 bits per heavy atom. The van der Waals surface area contributed by atoms with Crippen molar-refractivity contribution in [3.05, 3.63) is 40.9 Å². The van der Waals surface area contributed by atoms with E-state index in [-0.39, 0.29) is 17.8 Å². The first-order valence-corrected chi connectivity index (χ1v) is 10.1. The molecule has 1 aliphatic heterocycles. The Morgan fingerprint density at radius 2 is 2.11 bits per heavy atom. The van der Waals surface area contributed by atoms with E-state index in [4.69, 9.17) is 9.47 Å². The van der Waals surface area contributed by atoms with Crippen LogP contribution < -0.4 is 10.1 Å². The summed E-state index contributed by atoms with van der Waals surface area (Å²) in [6, 6.07) is 6.95. The molecule has 0 saturated carbocycles. The lowest BCUT2D eigenvalue weighted by Gasteiger charge is -2.19. The predicted octanol–water partition coefficient (Wildman–Crippen LogP) is 4.37. The average Bonchev–Trinajstić information content (AvgIpc) is 3.22. The van der Waals surface area contributed by atoms with Crippen LogP contribution in [0.4, 0.5) is 5.13 Å². The highest BCUT2D eigenvalue weighted by atomic mass is 32.1. The van der Waals surface area contributed by atoms with Crippen molar-refractivity contribution in [1.82, 2.24) is 4.98 Å². The summed E-state index contributed by atoms with van der Waals surface area (Å²) in [6.45, 7) is 6.43. The minimum Gasteiger partial charge on any atom is -0.494 e. The quantitative estimate of drug-likeness (QED) is 0.713. The Hall–Kier alpha value is -2.41. The second kappa shape index (κ2) is 8.08. The lowest BCUT2D eigenvalue weighted by atomic mass is 9.91. The Morgan fingerprint density at radius 1 is 1.37 bits per heavy atom. The van der Waals surface area contributed by atoms with Crippen LogP contribution in [0.3, 0.4) is 0 Å². The number of esters is 1. The molecule has 6 nitrogen and oxygen atoms in total. The molecule has 1 N–H and O–H groups in total. The molecule has 1 amide bonds. The highest BCUT2D eigenvalue weighted by Crippen LogP contribution is 2.41. The van der Waals surface area contributed by atoms with E-state index in [0.29, 0.717) is 29.4 Å². The Labute approximate surface area is 162 Å². The van der Waals surface area contributed by atoms with E-state index in [1.165, 1.54) is 11.3 Å². The van der Waals surface area contributed by atoms with Crippen molar-refractivity contribution >= 4 is 28.3 Å². The van der Waals surface area contributed by atoms with Gasteiger partial charge in [0.2, 0.25) is 0 Å². The van der Waals surface area contributed by atoms with Gasteiger partial charge in [0.25, 0.3) is 5.91 Å². The van der Waals surface area contributed by atoms with Gasteiger partial charge in [-0.1, -0.05) is 13.3 Å². The molecule has 0 unspecified atom stereocenters. The summed E-state index contributed by atoms with van der Waals surface area (Å²) in [5, 5.41) is 5.13. The van der Waals surface area contributed by atoms with Gasteiger partial charge in [0.05, 0.1) is 18.2 Å². The number of carbonyl (C=O) groups excluding carboxylic acids is 2. The van der Waals surface area contributed by atoms with Crippen molar-refractivity contribution in [1.29, 1.82) is 0 Å². The monoisotopic (exact) mass is 388 g/mol. The number of hydrogen-bond donors (Lipinski definition) is 1. The van der Waals surface area contributed by atoms with Gasteiger partial charge in [-0.2, -0.15) is 0 Å². The molecule has 2 atom stereocenters. The van der Waals surface area contributed by atoms with Gasteiger partial charge in [-0.25, -0.2) is 4.98 Å². The van der Waals surface area contributed by atoms with Gasteiger partial charge in [-0.05, 0) is 44.5 Å². The highest BCUT2D eigenvalue weighted by molar-refractivity contribution is 7.14. The van der Waals surface area contributed by atoms with Crippen LogP contribution in [0.1, 0.15) is 56.1 Å². The molecular weight excluding hydrogens is 364 g/mol. The van der Waals surface area contributed by atoms with E-state index in [1.54, 1.807) is 24.3 Å². The number of nitrogens with one attached hydrogen (secondary N) is 1. The molecule has 7 heteroatoms. The Balaban J connectivity index is 1.67. The number of hydrogen-bond acceptors (Lipinski definition) is 6. The fraction of sp³-hybridized carbons (Fsp3) is 0.450. The number of benzene rings is 1. The molecule has 1 aromatic carbocycles. The minimum atomic E-state index is -0.727. The topological polar surface area (TPSA) is 77.5 Å². The number of nitrogens with zero attached hydrogens (tertiary/aromatic N) is 1. The maximum Gasteiger partial charge on any atom is 0.310 e. The maximum atomic E-state index is 12.4. The molecule has 1 fully saturated rings. The average molecular weight is 388 g/mol. The largest absolute Gasteiger partial charge is 0.494 e. The van der Waals surface area contributed by atoms with Crippen molar-refractivity contribution < 1.29 is 19.1 Å². The summed E-state index contributed by atoms with van der Waals surface area (Å²) in [6.07, 6.45) is 2.38. The smallest absolute Gasteiger partial charge is 0.310 e. The number of thiazole rings is 1. The number of aromatic nitrogens is 1. The number of anilines is 1.